The SMILES string of the molecule is Fc1ccc(Cc2nnc(N3CCCC3c3ccc4c(c3)OCO4)s2)cc1. The molecule has 138 valence electrons. The van der Waals surface area contributed by atoms with Gasteiger partial charge < -0.3 is 14.4 Å². The second kappa shape index (κ2) is 6.81. The highest BCUT2D eigenvalue weighted by molar-refractivity contribution is 7.15. The van der Waals surface area contributed by atoms with Gasteiger partial charge in [-0.2, -0.15) is 0 Å². The monoisotopic (exact) mass is 383 g/mol. The molecule has 7 heteroatoms. The Balaban J connectivity index is 1.36. The number of ether oxygens (including phenoxy) is 2. The van der Waals surface area contributed by atoms with Gasteiger partial charge in [0.05, 0.1) is 6.04 Å². The Bertz CT molecular complexity index is 960. The number of halogens is 1. The maximum atomic E-state index is 13.1. The molecule has 1 aromatic heterocycles. The third kappa shape index (κ3) is 3.23. The van der Waals surface area contributed by atoms with E-state index in [1.807, 2.05) is 6.07 Å². The van der Waals surface area contributed by atoms with Crippen molar-refractivity contribution >= 4 is 16.5 Å². The zero-order chi connectivity index (χ0) is 18.2. The van der Waals surface area contributed by atoms with Crippen LogP contribution in [0.15, 0.2) is 42.5 Å². The summed E-state index contributed by atoms with van der Waals surface area (Å²) in [4.78, 5) is 2.32. The first kappa shape index (κ1) is 16.5. The lowest BCUT2D eigenvalue weighted by molar-refractivity contribution is 0.174. The third-order valence-corrected chi connectivity index (χ3v) is 5.97. The minimum atomic E-state index is -0.222. The summed E-state index contributed by atoms with van der Waals surface area (Å²) in [6, 6.07) is 13.0. The summed E-state index contributed by atoms with van der Waals surface area (Å²) in [5.74, 6) is 1.40. The van der Waals surface area contributed by atoms with Crippen molar-refractivity contribution in [2.75, 3.05) is 18.2 Å². The van der Waals surface area contributed by atoms with E-state index in [0.717, 1.165) is 46.6 Å². The van der Waals surface area contributed by atoms with Crippen LogP contribution in [0.4, 0.5) is 9.52 Å². The van der Waals surface area contributed by atoms with Crippen molar-refractivity contribution in [3.05, 3.63) is 64.4 Å². The Morgan fingerprint density at radius 2 is 1.93 bits per heavy atom. The molecule has 3 aromatic rings. The summed E-state index contributed by atoms with van der Waals surface area (Å²) in [6.07, 6.45) is 2.86. The van der Waals surface area contributed by atoms with E-state index in [-0.39, 0.29) is 18.7 Å². The highest BCUT2D eigenvalue weighted by atomic mass is 32.1. The summed E-state index contributed by atoms with van der Waals surface area (Å²) in [7, 11) is 0. The molecule has 2 aliphatic rings. The van der Waals surface area contributed by atoms with E-state index < -0.39 is 0 Å². The predicted molar refractivity (Wildman–Crippen MR) is 101 cm³/mol. The number of nitrogens with zero attached hydrogens (tertiary/aromatic N) is 3. The number of hydrogen-bond donors (Lipinski definition) is 0. The van der Waals surface area contributed by atoms with Gasteiger partial charge in [0.15, 0.2) is 11.5 Å². The molecule has 3 heterocycles. The van der Waals surface area contributed by atoms with Gasteiger partial charge in [-0.3, -0.25) is 0 Å². The summed E-state index contributed by atoms with van der Waals surface area (Å²) in [6.45, 7) is 1.25. The van der Waals surface area contributed by atoms with Crippen LogP contribution in [0.2, 0.25) is 0 Å². The van der Waals surface area contributed by atoms with Crippen molar-refractivity contribution in [3.8, 4) is 11.5 Å². The van der Waals surface area contributed by atoms with Crippen LogP contribution in [-0.2, 0) is 6.42 Å². The van der Waals surface area contributed by atoms with Crippen molar-refractivity contribution in [1.29, 1.82) is 0 Å². The summed E-state index contributed by atoms with van der Waals surface area (Å²) >= 11 is 1.61. The molecule has 1 atom stereocenters. The van der Waals surface area contributed by atoms with Crippen LogP contribution in [0.5, 0.6) is 11.5 Å². The summed E-state index contributed by atoms with van der Waals surface area (Å²) in [5, 5.41) is 10.7. The summed E-state index contributed by atoms with van der Waals surface area (Å²) in [5.41, 5.74) is 2.25. The maximum Gasteiger partial charge on any atom is 0.231 e. The van der Waals surface area contributed by atoms with Gasteiger partial charge >= 0.3 is 0 Å². The molecule has 2 aromatic carbocycles. The maximum absolute atomic E-state index is 13.1. The van der Waals surface area contributed by atoms with Crippen molar-refractivity contribution in [2.45, 2.75) is 25.3 Å². The third-order valence-electron chi connectivity index (χ3n) is 5.00. The molecule has 1 unspecified atom stereocenters. The van der Waals surface area contributed by atoms with E-state index in [2.05, 4.69) is 27.2 Å². The molecule has 2 aliphatic heterocycles. The normalized spacial score (nSPS) is 18.3. The molecular weight excluding hydrogens is 365 g/mol. The van der Waals surface area contributed by atoms with Crippen LogP contribution in [0.25, 0.3) is 0 Å². The highest BCUT2D eigenvalue weighted by Gasteiger charge is 2.30. The zero-order valence-electron chi connectivity index (χ0n) is 14.6. The average molecular weight is 383 g/mol. The van der Waals surface area contributed by atoms with E-state index >= 15 is 0 Å². The van der Waals surface area contributed by atoms with Crippen molar-refractivity contribution in [1.82, 2.24) is 10.2 Å². The zero-order valence-corrected chi connectivity index (χ0v) is 15.4. The number of fused-ring (bicyclic) bond motifs is 1. The molecule has 5 rings (SSSR count). The second-order valence-electron chi connectivity index (χ2n) is 6.75. The van der Waals surface area contributed by atoms with Gasteiger partial charge in [0.1, 0.15) is 10.8 Å². The lowest BCUT2D eigenvalue weighted by Gasteiger charge is -2.24. The molecule has 27 heavy (non-hydrogen) atoms. The van der Waals surface area contributed by atoms with Gasteiger partial charge in [-0.15, -0.1) is 10.2 Å². The number of hydrogen-bond acceptors (Lipinski definition) is 6. The van der Waals surface area contributed by atoms with Crippen LogP contribution in [-0.4, -0.2) is 23.5 Å². The first-order valence-corrected chi connectivity index (χ1v) is 9.81. The van der Waals surface area contributed by atoms with Gasteiger partial charge in [-0.25, -0.2) is 4.39 Å². The Morgan fingerprint density at radius 3 is 2.81 bits per heavy atom. The smallest absolute Gasteiger partial charge is 0.231 e. The molecule has 5 nitrogen and oxygen atoms in total. The van der Waals surface area contributed by atoms with Gasteiger partial charge in [0, 0.05) is 13.0 Å². The fourth-order valence-electron chi connectivity index (χ4n) is 3.67. The number of aromatic nitrogens is 2. The van der Waals surface area contributed by atoms with Crippen LogP contribution in [0.1, 0.15) is 35.0 Å². The number of benzene rings is 2. The Morgan fingerprint density at radius 1 is 1.07 bits per heavy atom. The van der Waals surface area contributed by atoms with E-state index in [4.69, 9.17) is 9.47 Å². The van der Waals surface area contributed by atoms with E-state index in [9.17, 15) is 4.39 Å². The lowest BCUT2D eigenvalue weighted by Crippen LogP contribution is -2.22. The molecule has 0 saturated carbocycles. The quantitative estimate of drug-likeness (QED) is 0.671. The number of anilines is 1. The van der Waals surface area contributed by atoms with E-state index in [1.54, 1.807) is 23.5 Å². The van der Waals surface area contributed by atoms with E-state index in [1.165, 1.54) is 17.7 Å². The average Bonchev–Trinajstić information content (AvgIpc) is 3.43. The molecule has 0 amide bonds. The molecule has 0 radical (unpaired) electrons. The van der Waals surface area contributed by atoms with E-state index in [0.29, 0.717) is 6.42 Å². The van der Waals surface area contributed by atoms with Crippen LogP contribution in [0.3, 0.4) is 0 Å². The first-order chi connectivity index (χ1) is 13.3. The standard InChI is InChI=1S/C20H18FN3O2S/c21-15-6-3-13(4-7-15)10-19-22-23-20(27-19)24-9-1-2-16(24)14-5-8-17-18(11-14)26-12-25-17/h3-8,11,16H,1-2,9-10,12H2. The molecule has 0 N–H and O–H groups in total. The van der Waals surface area contributed by atoms with Gasteiger partial charge in [0.25, 0.3) is 0 Å². The topological polar surface area (TPSA) is 47.5 Å². The molecule has 0 bridgehead atoms. The summed E-state index contributed by atoms with van der Waals surface area (Å²) < 4.78 is 24.0. The van der Waals surface area contributed by atoms with Crippen LogP contribution < -0.4 is 14.4 Å². The minimum Gasteiger partial charge on any atom is -0.454 e. The Labute approximate surface area is 160 Å². The fourth-order valence-corrected chi connectivity index (χ4v) is 4.62. The van der Waals surface area contributed by atoms with Crippen LogP contribution in [0, 0.1) is 5.82 Å². The Hall–Kier alpha value is -2.67. The van der Waals surface area contributed by atoms with Crippen LogP contribution >= 0.6 is 11.3 Å². The number of rotatable bonds is 4. The first-order valence-electron chi connectivity index (χ1n) is 8.99. The van der Waals surface area contributed by atoms with Gasteiger partial charge in [-0.05, 0) is 48.2 Å². The van der Waals surface area contributed by atoms with Gasteiger partial charge in [0.2, 0.25) is 11.9 Å². The minimum absolute atomic E-state index is 0.222. The second-order valence-corrected chi connectivity index (χ2v) is 7.79. The van der Waals surface area contributed by atoms with Crippen molar-refractivity contribution < 1.29 is 13.9 Å². The molecule has 0 spiro atoms. The largest absolute Gasteiger partial charge is 0.454 e. The molecular formula is C20H18FN3O2S. The van der Waals surface area contributed by atoms with Crippen molar-refractivity contribution in [3.63, 3.8) is 0 Å². The Kier molecular flexibility index (Phi) is 4.16. The highest BCUT2D eigenvalue weighted by Crippen LogP contribution is 2.41. The molecule has 1 saturated heterocycles. The fraction of sp³-hybridized carbons (Fsp3) is 0.300. The van der Waals surface area contributed by atoms with Crippen molar-refractivity contribution in [2.24, 2.45) is 0 Å². The predicted octanol–water partition coefficient (Wildman–Crippen LogP) is 4.34. The molecule has 0 aliphatic carbocycles. The lowest BCUT2D eigenvalue weighted by atomic mass is 10.0. The van der Waals surface area contributed by atoms with Gasteiger partial charge in [-0.1, -0.05) is 29.5 Å². The molecule has 1 fully saturated rings.